The topological polar surface area (TPSA) is 113 Å². The van der Waals surface area contributed by atoms with Crippen LogP contribution in [-0.4, -0.2) is 69.9 Å². The number of amides is 2. The van der Waals surface area contributed by atoms with Crippen molar-refractivity contribution in [3.05, 3.63) is 34.6 Å². The quantitative estimate of drug-likeness (QED) is 0.357. The maximum Gasteiger partial charge on any atom is 0.419 e. The maximum atomic E-state index is 14.1. The normalized spacial score (nSPS) is 18.3. The first-order valence-electron chi connectivity index (χ1n) is 12.7. The van der Waals surface area contributed by atoms with Crippen LogP contribution < -0.4 is 10.2 Å². The first kappa shape index (κ1) is 28.0. The van der Waals surface area contributed by atoms with Gasteiger partial charge >= 0.3 is 18.4 Å². The first-order chi connectivity index (χ1) is 18.8. The molecule has 2 aliphatic rings. The van der Waals surface area contributed by atoms with E-state index in [1.807, 2.05) is 0 Å². The zero-order valence-electron chi connectivity index (χ0n) is 22.1. The van der Waals surface area contributed by atoms with E-state index in [0.29, 0.717) is 53.5 Å². The number of halogens is 4. The van der Waals surface area contributed by atoms with Crippen LogP contribution in [0.25, 0.3) is 22.2 Å². The number of rotatable bonds is 4. The molecule has 1 aromatic carbocycles. The van der Waals surface area contributed by atoms with E-state index in [0.717, 1.165) is 6.20 Å². The van der Waals surface area contributed by atoms with Crippen molar-refractivity contribution in [1.29, 1.82) is 0 Å². The number of aromatic nitrogens is 3. The fraction of sp³-hybridized carbons (Fsp3) is 0.462. The van der Waals surface area contributed by atoms with Crippen molar-refractivity contribution < 1.29 is 32.2 Å². The predicted molar refractivity (Wildman–Crippen MR) is 145 cm³/mol. The zero-order chi connectivity index (χ0) is 28.8. The summed E-state index contributed by atoms with van der Waals surface area (Å²) in [6, 6.07) is 3.02. The Bertz CT molecular complexity index is 1450. The van der Waals surface area contributed by atoms with Crippen molar-refractivity contribution >= 4 is 50.7 Å². The summed E-state index contributed by atoms with van der Waals surface area (Å²) in [4.78, 5) is 38.9. The standard InChI is InChI=1S/C26H28BrF3N6O4/c1-25(2,3)40-23(37)35-8-4-5-14(13-35)33-22-32-12-17(26(28,29)30)20(34-22)16-11-31-21-15(16)6-7-18(19(21)27)36-9-10-39-24(36)38/h6-7,11-12,14,31H,4-5,8-10,13H2,1-3H3,(H,32,33,34)/t14-/m0/s1. The maximum absolute atomic E-state index is 14.1. The smallest absolute Gasteiger partial charge is 0.419 e. The Kier molecular flexibility index (Phi) is 7.31. The van der Waals surface area contributed by atoms with Crippen LogP contribution in [-0.2, 0) is 15.7 Å². The van der Waals surface area contributed by atoms with Gasteiger partial charge in [0.15, 0.2) is 0 Å². The zero-order valence-corrected chi connectivity index (χ0v) is 23.6. The number of fused-ring (bicyclic) bond motifs is 1. The molecule has 3 aromatic rings. The summed E-state index contributed by atoms with van der Waals surface area (Å²) < 4.78 is 53.2. The summed E-state index contributed by atoms with van der Waals surface area (Å²) >= 11 is 3.49. The average molecular weight is 625 g/mol. The molecule has 40 heavy (non-hydrogen) atoms. The SMILES string of the molecule is CC(C)(C)OC(=O)N1CCC[C@H](Nc2ncc(C(F)(F)F)c(-c3c[nH]c4c(Br)c(N5CCOC5=O)ccc34)n2)C1. The fourth-order valence-corrected chi connectivity index (χ4v) is 5.48. The second-order valence-corrected chi connectivity index (χ2v) is 11.4. The Balaban J connectivity index is 1.46. The van der Waals surface area contributed by atoms with Gasteiger partial charge in [-0.1, -0.05) is 0 Å². The van der Waals surface area contributed by atoms with Crippen molar-refractivity contribution in [3.8, 4) is 11.3 Å². The second kappa shape index (κ2) is 10.5. The van der Waals surface area contributed by atoms with Crippen LogP contribution in [0, 0.1) is 0 Å². The number of likely N-dealkylation sites (tertiary alicyclic amines) is 1. The molecule has 2 N–H and O–H groups in total. The molecule has 0 saturated carbocycles. The lowest BCUT2D eigenvalue weighted by atomic mass is 10.0. The molecule has 0 aliphatic carbocycles. The Hall–Kier alpha value is -3.55. The van der Waals surface area contributed by atoms with Crippen molar-refractivity contribution in [3.63, 3.8) is 0 Å². The van der Waals surface area contributed by atoms with Crippen LogP contribution in [0.3, 0.4) is 0 Å². The Morgan fingerprint density at radius 1 is 1.25 bits per heavy atom. The highest BCUT2D eigenvalue weighted by atomic mass is 79.9. The molecule has 0 unspecified atom stereocenters. The molecular formula is C26H28BrF3N6O4. The molecule has 2 aromatic heterocycles. The predicted octanol–water partition coefficient (Wildman–Crippen LogP) is 6.17. The number of benzene rings is 1. The molecule has 2 amide bonds. The molecule has 214 valence electrons. The third-order valence-corrected chi connectivity index (χ3v) is 7.38. The highest BCUT2D eigenvalue weighted by Gasteiger charge is 2.37. The summed E-state index contributed by atoms with van der Waals surface area (Å²) in [5.74, 6) is 0.0175. The lowest BCUT2D eigenvalue weighted by Crippen LogP contribution is -2.47. The number of cyclic esters (lactones) is 1. The Morgan fingerprint density at radius 3 is 2.70 bits per heavy atom. The number of hydrogen-bond donors (Lipinski definition) is 2. The van der Waals surface area contributed by atoms with Gasteiger partial charge < -0.3 is 24.7 Å². The van der Waals surface area contributed by atoms with Crippen molar-refractivity contribution in [2.24, 2.45) is 0 Å². The fourth-order valence-electron chi connectivity index (χ4n) is 4.80. The summed E-state index contributed by atoms with van der Waals surface area (Å²) in [7, 11) is 0. The van der Waals surface area contributed by atoms with Crippen LogP contribution in [0.2, 0.25) is 0 Å². The highest BCUT2D eigenvalue weighted by molar-refractivity contribution is 9.10. The van der Waals surface area contributed by atoms with Crippen LogP contribution in [0.5, 0.6) is 0 Å². The second-order valence-electron chi connectivity index (χ2n) is 10.7. The number of hydrogen-bond acceptors (Lipinski definition) is 7. The van der Waals surface area contributed by atoms with Gasteiger partial charge in [0.25, 0.3) is 0 Å². The van der Waals surface area contributed by atoms with Gasteiger partial charge in [-0.3, -0.25) is 4.90 Å². The van der Waals surface area contributed by atoms with Crippen LogP contribution >= 0.6 is 15.9 Å². The Morgan fingerprint density at radius 2 is 2.02 bits per heavy atom. The minimum atomic E-state index is -4.70. The molecule has 4 heterocycles. The molecule has 2 aliphatic heterocycles. The van der Waals surface area contributed by atoms with Gasteiger partial charge in [-0.15, -0.1) is 0 Å². The molecule has 2 fully saturated rings. The van der Waals surface area contributed by atoms with E-state index in [-0.39, 0.29) is 29.9 Å². The molecule has 0 spiro atoms. The number of alkyl halides is 3. The van der Waals surface area contributed by atoms with Gasteiger partial charge in [-0.2, -0.15) is 13.2 Å². The van der Waals surface area contributed by atoms with Crippen molar-refractivity contribution in [2.45, 2.75) is 51.4 Å². The van der Waals surface area contributed by atoms with Crippen LogP contribution in [0.4, 0.5) is 34.4 Å². The number of anilines is 2. The number of aromatic amines is 1. The van der Waals surface area contributed by atoms with E-state index in [9.17, 15) is 22.8 Å². The molecule has 0 bridgehead atoms. The third kappa shape index (κ3) is 5.67. The summed E-state index contributed by atoms with van der Waals surface area (Å²) in [6.45, 7) is 6.79. The van der Waals surface area contributed by atoms with Crippen molar-refractivity contribution in [2.75, 3.05) is 36.5 Å². The number of piperidine rings is 1. The van der Waals surface area contributed by atoms with Gasteiger partial charge in [-0.25, -0.2) is 19.6 Å². The third-order valence-electron chi connectivity index (χ3n) is 6.58. The molecule has 2 saturated heterocycles. The monoisotopic (exact) mass is 624 g/mol. The van der Waals surface area contributed by atoms with E-state index in [2.05, 4.69) is 36.2 Å². The molecule has 0 radical (unpaired) electrons. The molecule has 10 nitrogen and oxygen atoms in total. The van der Waals surface area contributed by atoms with E-state index >= 15 is 0 Å². The molecule has 5 rings (SSSR count). The largest absolute Gasteiger partial charge is 0.447 e. The number of H-pyrrole nitrogens is 1. The van der Waals surface area contributed by atoms with E-state index < -0.39 is 29.5 Å². The van der Waals surface area contributed by atoms with Gasteiger partial charge in [0, 0.05) is 42.5 Å². The van der Waals surface area contributed by atoms with Crippen LogP contribution in [0.1, 0.15) is 39.2 Å². The first-order valence-corrected chi connectivity index (χ1v) is 13.5. The van der Waals surface area contributed by atoms with Crippen molar-refractivity contribution in [1.82, 2.24) is 19.9 Å². The summed E-state index contributed by atoms with van der Waals surface area (Å²) in [6.07, 6.45) is -2.06. The van der Waals surface area contributed by atoms with Gasteiger partial charge in [0.2, 0.25) is 5.95 Å². The minimum Gasteiger partial charge on any atom is -0.447 e. The lowest BCUT2D eigenvalue weighted by molar-refractivity contribution is -0.137. The number of carbonyl (C=O) groups is 2. The number of ether oxygens (including phenoxy) is 2. The number of nitrogens with one attached hydrogen (secondary N) is 2. The molecular weight excluding hydrogens is 597 g/mol. The van der Waals surface area contributed by atoms with E-state index in [1.165, 1.54) is 11.1 Å². The molecule has 1 atom stereocenters. The lowest BCUT2D eigenvalue weighted by Gasteiger charge is -2.34. The average Bonchev–Trinajstić information content (AvgIpc) is 3.49. The highest BCUT2D eigenvalue weighted by Crippen LogP contribution is 2.42. The number of nitrogens with zero attached hydrogens (tertiary/aromatic N) is 4. The summed E-state index contributed by atoms with van der Waals surface area (Å²) in [5, 5.41) is 3.58. The van der Waals surface area contributed by atoms with Gasteiger partial charge in [0.1, 0.15) is 17.8 Å². The van der Waals surface area contributed by atoms with E-state index in [4.69, 9.17) is 9.47 Å². The van der Waals surface area contributed by atoms with Gasteiger partial charge in [0.05, 0.1) is 27.9 Å². The minimum absolute atomic E-state index is 0.0175. The Labute approximate surface area is 236 Å². The van der Waals surface area contributed by atoms with Gasteiger partial charge in [-0.05, 0) is 61.7 Å². The number of carbonyl (C=O) groups excluding carboxylic acids is 2. The summed E-state index contributed by atoms with van der Waals surface area (Å²) in [5.41, 5.74) is -0.652. The van der Waals surface area contributed by atoms with Crippen LogP contribution in [0.15, 0.2) is 29.0 Å². The van der Waals surface area contributed by atoms with E-state index in [1.54, 1.807) is 37.8 Å². The molecule has 14 heteroatoms.